The molecular formula is C31H38ClNO7. The molecule has 1 aliphatic rings. The predicted molar refractivity (Wildman–Crippen MR) is 155 cm³/mol. The second kappa shape index (κ2) is 13.9. The Morgan fingerprint density at radius 3 is 2.55 bits per heavy atom. The maximum absolute atomic E-state index is 13.1. The molecular weight excluding hydrogens is 534 g/mol. The third-order valence-electron chi connectivity index (χ3n) is 7.49. The Morgan fingerprint density at radius 1 is 1.07 bits per heavy atom. The number of phenolic OH excluding ortho intramolecular Hbond substituents is 2. The highest BCUT2D eigenvalue weighted by Gasteiger charge is 2.37. The molecule has 1 unspecified atom stereocenters. The fraction of sp³-hybridized carbons (Fsp3) is 0.484. The van der Waals surface area contributed by atoms with Crippen molar-refractivity contribution in [2.45, 2.75) is 70.3 Å². The maximum atomic E-state index is 13.1. The minimum Gasteiger partial charge on any atom is -0.507 e. The third kappa shape index (κ3) is 7.09. The van der Waals surface area contributed by atoms with Gasteiger partial charge in [0.15, 0.2) is 5.43 Å². The van der Waals surface area contributed by atoms with Crippen molar-refractivity contribution in [3.8, 4) is 22.8 Å². The molecule has 0 aliphatic carbocycles. The van der Waals surface area contributed by atoms with Crippen LogP contribution in [0.3, 0.4) is 0 Å². The lowest BCUT2D eigenvalue weighted by atomic mass is 9.85. The number of fused-ring (bicyclic) bond motifs is 1. The topological polar surface area (TPSA) is 109 Å². The summed E-state index contributed by atoms with van der Waals surface area (Å²) in [5.41, 5.74) is 0.368. The zero-order valence-electron chi connectivity index (χ0n) is 23.2. The van der Waals surface area contributed by atoms with Gasteiger partial charge in [-0.05, 0) is 38.6 Å². The van der Waals surface area contributed by atoms with Gasteiger partial charge in [-0.25, -0.2) is 4.79 Å². The number of likely N-dealkylation sites (N-methyl/N-ethyl adjacent to an activating group) is 1. The highest BCUT2D eigenvalue weighted by Crippen LogP contribution is 2.43. The van der Waals surface area contributed by atoms with Crippen LogP contribution in [0.1, 0.15) is 69.8 Å². The molecule has 0 radical (unpaired) electrons. The summed E-state index contributed by atoms with van der Waals surface area (Å²) in [7, 11) is 1.92. The van der Waals surface area contributed by atoms with Crippen molar-refractivity contribution in [3.63, 3.8) is 0 Å². The highest BCUT2D eigenvalue weighted by molar-refractivity contribution is 6.33. The molecule has 8 nitrogen and oxygen atoms in total. The Labute approximate surface area is 239 Å². The van der Waals surface area contributed by atoms with E-state index in [4.69, 9.17) is 25.5 Å². The SMILES string of the molecule is CCCCCCCCCOC(=O)O[C@H]1CN(C)CCC1c1c(O)cc(O)c2c(=O)cc(-c3ccccc3Cl)oc12. The molecule has 1 aliphatic heterocycles. The van der Waals surface area contributed by atoms with Crippen LogP contribution in [0.15, 0.2) is 45.6 Å². The largest absolute Gasteiger partial charge is 0.508 e. The van der Waals surface area contributed by atoms with E-state index in [1.54, 1.807) is 24.3 Å². The molecule has 3 aromatic rings. The number of piperidine rings is 1. The van der Waals surface area contributed by atoms with Gasteiger partial charge in [-0.1, -0.05) is 69.2 Å². The van der Waals surface area contributed by atoms with Crippen LogP contribution >= 0.6 is 11.6 Å². The Morgan fingerprint density at radius 2 is 1.80 bits per heavy atom. The molecule has 2 heterocycles. The van der Waals surface area contributed by atoms with Gasteiger partial charge in [-0.3, -0.25) is 4.79 Å². The molecule has 1 fully saturated rings. The average Bonchev–Trinajstić information content (AvgIpc) is 2.91. The maximum Gasteiger partial charge on any atom is 0.508 e. The first-order chi connectivity index (χ1) is 19.3. The van der Waals surface area contributed by atoms with Crippen LogP contribution in [0.4, 0.5) is 4.79 Å². The number of hydrogen-bond acceptors (Lipinski definition) is 8. The van der Waals surface area contributed by atoms with E-state index in [1.165, 1.54) is 31.7 Å². The number of unbranched alkanes of at least 4 members (excludes halogenated alkanes) is 6. The fourth-order valence-electron chi connectivity index (χ4n) is 5.37. The Kier molecular flexibility index (Phi) is 10.3. The lowest BCUT2D eigenvalue weighted by molar-refractivity contribution is -0.0114. The number of carbonyl (C=O) groups is 1. The van der Waals surface area contributed by atoms with Crippen molar-refractivity contribution in [1.29, 1.82) is 0 Å². The number of phenols is 2. The Balaban J connectivity index is 1.58. The average molecular weight is 572 g/mol. The third-order valence-corrected chi connectivity index (χ3v) is 7.82. The molecule has 0 saturated carbocycles. The minimum absolute atomic E-state index is 0.0412. The van der Waals surface area contributed by atoms with Gasteiger partial charge in [0.2, 0.25) is 0 Å². The number of carbonyl (C=O) groups excluding carboxylic acids is 1. The first-order valence-corrected chi connectivity index (χ1v) is 14.5. The smallest absolute Gasteiger partial charge is 0.507 e. The standard InChI is InChI=1S/C31H38ClNO7/c1-3-4-5-6-7-8-11-16-38-31(37)40-27-19-33(2)15-14-21(27)28-23(34)17-24(35)29-25(36)18-26(39-30(28)29)20-12-9-10-13-22(20)32/h9-10,12-13,17-18,21,27,34-35H,3-8,11,14-16,19H2,1-2H3/t21?,27-/m0/s1. The summed E-state index contributed by atoms with van der Waals surface area (Å²) in [5, 5.41) is 21.9. The first kappa shape index (κ1) is 29.7. The van der Waals surface area contributed by atoms with Gasteiger partial charge >= 0.3 is 6.16 Å². The number of nitrogens with zero attached hydrogens (tertiary/aromatic N) is 1. The fourth-order valence-corrected chi connectivity index (χ4v) is 5.60. The number of aromatic hydroxyl groups is 2. The van der Waals surface area contributed by atoms with Gasteiger partial charge in [-0.2, -0.15) is 0 Å². The first-order valence-electron chi connectivity index (χ1n) is 14.1. The van der Waals surface area contributed by atoms with E-state index in [9.17, 15) is 19.8 Å². The molecule has 2 aromatic carbocycles. The van der Waals surface area contributed by atoms with Gasteiger partial charge in [0.1, 0.15) is 34.3 Å². The van der Waals surface area contributed by atoms with E-state index in [0.29, 0.717) is 35.7 Å². The molecule has 216 valence electrons. The van der Waals surface area contributed by atoms with E-state index >= 15 is 0 Å². The lowest BCUT2D eigenvalue weighted by Crippen LogP contribution is -2.43. The van der Waals surface area contributed by atoms with Crippen LogP contribution in [0, 0.1) is 0 Å². The molecule has 0 spiro atoms. The van der Waals surface area contributed by atoms with Gasteiger partial charge in [0.05, 0.1) is 11.6 Å². The van der Waals surface area contributed by atoms with E-state index in [-0.39, 0.29) is 29.1 Å². The van der Waals surface area contributed by atoms with E-state index in [1.807, 2.05) is 11.9 Å². The van der Waals surface area contributed by atoms with E-state index < -0.39 is 29.4 Å². The molecule has 9 heteroatoms. The number of rotatable bonds is 11. The van der Waals surface area contributed by atoms with Crippen LogP contribution in [0.5, 0.6) is 11.5 Å². The Hall–Kier alpha value is -3.23. The van der Waals surface area contributed by atoms with E-state index in [0.717, 1.165) is 25.3 Å². The summed E-state index contributed by atoms with van der Waals surface area (Å²) in [6, 6.07) is 9.34. The van der Waals surface area contributed by atoms with Gasteiger partial charge in [0.25, 0.3) is 0 Å². The van der Waals surface area contributed by atoms with Crippen molar-refractivity contribution < 1.29 is 28.9 Å². The van der Waals surface area contributed by atoms with Crippen molar-refractivity contribution in [2.24, 2.45) is 0 Å². The number of halogens is 1. The molecule has 1 aromatic heterocycles. The Bertz CT molecular complexity index is 1370. The van der Waals surface area contributed by atoms with Crippen LogP contribution < -0.4 is 5.43 Å². The second-order valence-electron chi connectivity index (χ2n) is 10.5. The summed E-state index contributed by atoms with van der Waals surface area (Å²) in [6.45, 7) is 3.53. The van der Waals surface area contributed by atoms with Gasteiger partial charge < -0.3 is 29.0 Å². The zero-order valence-corrected chi connectivity index (χ0v) is 23.9. The summed E-state index contributed by atoms with van der Waals surface area (Å²) in [6.07, 6.45) is 6.82. The summed E-state index contributed by atoms with van der Waals surface area (Å²) in [5.74, 6) is -0.942. The molecule has 0 amide bonds. The normalized spacial score (nSPS) is 17.7. The zero-order chi connectivity index (χ0) is 28.6. The number of likely N-dealkylation sites (tertiary alicyclic amines) is 1. The molecule has 40 heavy (non-hydrogen) atoms. The predicted octanol–water partition coefficient (Wildman–Crippen LogP) is 7.22. The number of hydrogen-bond donors (Lipinski definition) is 2. The number of benzene rings is 2. The molecule has 4 rings (SSSR count). The van der Waals surface area contributed by atoms with Crippen molar-refractivity contribution >= 4 is 28.7 Å². The summed E-state index contributed by atoms with van der Waals surface area (Å²) >= 11 is 6.36. The van der Waals surface area contributed by atoms with Crippen LogP contribution in [-0.2, 0) is 9.47 Å². The van der Waals surface area contributed by atoms with Crippen LogP contribution in [-0.4, -0.2) is 54.1 Å². The summed E-state index contributed by atoms with van der Waals surface area (Å²) in [4.78, 5) is 27.8. The number of ether oxygens (including phenoxy) is 2. The van der Waals surface area contributed by atoms with Crippen LogP contribution in [0.25, 0.3) is 22.3 Å². The minimum atomic E-state index is -0.767. The second-order valence-corrected chi connectivity index (χ2v) is 10.9. The monoisotopic (exact) mass is 571 g/mol. The van der Waals surface area contributed by atoms with Crippen molar-refractivity contribution in [1.82, 2.24) is 4.90 Å². The van der Waals surface area contributed by atoms with Crippen molar-refractivity contribution in [3.05, 3.63) is 57.2 Å². The molecule has 2 atom stereocenters. The molecule has 1 saturated heterocycles. The summed E-state index contributed by atoms with van der Waals surface area (Å²) < 4.78 is 17.3. The molecule has 0 bridgehead atoms. The lowest BCUT2D eigenvalue weighted by Gasteiger charge is -2.36. The van der Waals surface area contributed by atoms with Gasteiger partial charge in [-0.15, -0.1) is 0 Å². The quantitative estimate of drug-likeness (QED) is 0.183. The van der Waals surface area contributed by atoms with Crippen LogP contribution in [0.2, 0.25) is 5.02 Å². The molecule has 2 N–H and O–H groups in total. The van der Waals surface area contributed by atoms with E-state index in [2.05, 4.69) is 6.92 Å². The highest BCUT2D eigenvalue weighted by atomic mass is 35.5. The van der Waals surface area contributed by atoms with Gasteiger partial charge in [0, 0.05) is 35.7 Å². The van der Waals surface area contributed by atoms with Crippen molar-refractivity contribution in [2.75, 3.05) is 26.7 Å².